The molecule has 112 valence electrons. The van der Waals surface area contributed by atoms with Gasteiger partial charge in [0.2, 0.25) is 0 Å². The highest BCUT2D eigenvalue weighted by atomic mass is 16.4. The topological polar surface area (TPSA) is 105 Å². The smallest absolute Gasteiger partial charge is 0.356 e. The lowest BCUT2D eigenvalue weighted by atomic mass is 9.91. The van der Waals surface area contributed by atoms with Gasteiger partial charge in [0.05, 0.1) is 18.2 Å². The lowest BCUT2D eigenvalue weighted by Gasteiger charge is -2.20. The van der Waals surface area contributed by atoms with Gasteiger partial charge in [-0.2, -0.15) is 10.4 Å². The van der Waals surface area contributed by atoms with Crippen LogP contribution in [0.3, 0.4) is 0 Å². The number of hydrogen-bond acceptors (Lipinski definition) is 4. The summed E-state index contributed by atoms with van der Waals surface area (Å²) < 4.78 is 1.72. The molecule has 22 heavy (non-hydrogen) atoms. The fourth-order valence-corrected chi connectivity index (χ4v) is 3.00. The first-order chi connectivity index (χ1) is 10.6. The number of carboxylic acids is 1. The molecule has 0 amide bonds. The third kappa shape index (κ3) is 2.47. The zero-order valence-corrected chi connectivity index (χ0v) is 12.0. The summed E-state index contributed by atoms with van der Waals surface area (Å²) in [7, 11) is 0. The van der Waals surface area contributed by atoms with Crippen LogP contribution in [0.5, 0.6) is 0 Å². The van der Waals surface area contributed by atoms with Gasteiger partial charge in [0.1, 0.15) is 0 Å². The number of rotatable bonds is 3. The Morgan fingerprint density at radius 3 is 3.09 bits per heavy atom. The molecule has 1 aliphatic rings. The molecule has 0 bridgehead atoms. The summed E-state index contributed by atoms with van der Waals surface area (Å²) in [6.45, 7) is 0.442. The molecular weight excluding hydrogens is 280 g/mol. The molecule has 1 unspecified atom stereocenters. The molecule has 1 heterocycles. The number of nitriles is 1. The highest BCUT2D eigenvalue weighted by molar-refractivity contribution is 5.87. The second-order valence-corrected chi connectivity index (χ2v) is 5.48. The molecule has 0 aliphatic heterocycles. The molecule has 0 spiro atoms. The highest BCUT2D eigenvalue weighted by Crippen LogP contribution is 2.31. The molecule has 1 atom stereocenters. The zero-order chi connectivity index (χ0) is 15.7. The molecule has 3 rings (SSSR count). The van der Waals surface area contributed by atoms with Crippen molar-refractivity contribution in [2.75, 3.05) is 0 Å². The van der Waals surface area contributed by atoms with Crippen molar-refractivity contribution in [3.05, 3.63) is 52.3 Å². The van der Waals surface area contributed by atoms with Crippen molar-refractivity contribution in [3.8, 4) is 6.07 Å². The van der Waals surface area contributed by atoms with E-state index in [0.29, 0.717) is 17.7 Å². The van der Waals surface area contributed by atoms with Crippen LogP contribution in [0.15, 0.2) is 24.3 Å². The average molecular weight is 296 g/mol. The maximum atomic E-state index is 11.4. The number of carboxylic acid groups (broad SMARTS) is 1. The average Bonchev–Trinajstić information content (AvgIpc) is 2.88. The summed E-state index contributed by atoms with van der Waals surface area (Å²) in [6.07, 6.45) is 2.49. The summed E-state index contributed by atoms with van der Waals surface area (Å²) in [4.78, 5) is 11.4. The fourth-order valence-electron chi connectivity index (χ4n) is 3.00. The minimum Gasteiger partial charge on any atom is -0.476 e. The molecule has 1 aliphatic carbocycles. The monoisotopic (exact) mass is 296 g/mol. The van der Waals surface area contributed by atoms with Crippen LogP contribution in [0, 0.1) is 11.3 Å². The summed E-state index contributed by atoms with van der Waals surface area (Å²) in [5, 5.41) is 22.6. The van der Waals surface area contributed by atoms with Crippen molar-refractivity contribution in [1.82, 2.24) is 9.78 Å². The van der Waals surface area contributed by atoms with Crippen LogP contribution in [0.25, 0.3) is 0 Å². The van der Waals surface area contributed by atoms with Crippen molar-refractivity contribution in [2.45, 2.75) is 31.8 Å². The summed E-state index contributed by atoms with van der Waals surface area (Å²) in [5.74, 6) is -1.04. The number of nitrogens with two attached hydrogens (primary N) is 1. The van der Waals surface area contributed by atoms with Crippen molar-refractivity contribution < 1.29 is 9.90 Å². The van der Waals surface area contributed by atoms with Gasteiger partial charge in [-0.1, -0.05) is 12.1 Å². The molecule has 1 aromatic heterocycles. The molecule has 1 aromatic carbocycles. The van der Waals surface area contributed by atoms with Gasteiger partial charge < -0.3 is 10.8 Å². The van der Waals surface area contributed by atoms with Crippen LogP contribution in [-0.4, -0.2) is 20.9 Å². The standard InChI is InChI=1S/C16H16N4O2/c17-8-10-3-1-4-11(7-10)9-20-13-6-2-5-12(18)14(13)15(19-20)16(21)22/h1,3-4,7,12H,2,5-6,9,18H2,(H,21,22). The van der Waals surface area contributed by atoms with Gasteiger partial charge in [-0.25, -0.2) is 4.79 Å². The first kappa shape index (κ1) is 14.3. The highest BCUT2D eigenvalue weighted by Gasteiger charge is 2.29. The number of carbonyl (C=O) groups is 1. The maximum Gasteiger partial charge on any atom is 0.356 e. The number of nitrogens with zero attached hydrogens (tertiary/aromatic N) is 3. The van der Waals surface area contributed by atoms with Crippen LogP contribution >= 0.6 is 0 Å². The quantitative estimate of drug-likeness (QED) is 0.899. The van der Waals surface area contributed by atoms with E-state index in [-0.39, 0.29) is 11.7 Å². The predicted octanol–water partition coefficient (Wildman–Crippen LogP) is 1.84. The Morgan fingerprint density at radius 1 is 1.55 bits per heavy atom. The predicted molar refractivity (Wildman–Crippen MR) is 79.3 cm³/mol. The van der Waals surface area contributed by atoms with Crippen molar-refractivity contribution in [1.29, 1.82) is 5.26 Å². The van der Waals surface area contributed by atoms with Gasteiger partial charge in [-0.05, 0) is 37.0 Å². The van der Waals surface area contributed by atoms with Crippen LogP contribution in [0.2, 0.25) is 0 Å². The van der Waals surface area contributed by atoms with E-state index in [2.05, 4.69) is 11.2 Å². The van der Waals surface area contributed by atoms with Crippen molar-refractivity contribution in [2.24, 2.45) is 5.73 Å². The molecule has 2 aromatic rings. The van der Waals surface area contributed by atoms with Gasteiger partial charge >= 0.3 is 5.97 Å². The van der Waals surface area contributed by atoms with Crippen LogP contribution in [0.1, 0.15) is 51.8 Å². The van der Waals surface area contributed by atoms with Crippen molar-refractivity contribution in [3.63, 3.8) is 0 Å². The van der Waals surface area contributed by atoms with E-state index >= 15 is 0 Å². The van der Waals surface area contributed by atoms with Crippen molar-refractivity contribution >= 4 is 5.97 Å². The summed E-state index contributed by atoms with van der Waals surface area (Å²) >= 11 is 0. The first-order valence-corrected chi connectivity index (χ1v) is 7.17. The lowest BCUT2D eigenvalue weighted by molar-refractivity contribution is 0.0687. The minimum atomic E-state index is -1.04. The van der Waals surface area contributed by atoms with Crippen LogP contribution in [-0.2, 0) is 13.0 Å². The fraction of sp³-hybridized carbons (Fsp3) is 0.312. The summed E-state index contributed by atoms with van der Waals surface area (Å²) in [6, 6.07) is 9.07. The molecule has 6 nitrogen and oxygen atoms in total. The molecule has 0 radical (unpaired) electrons. The lowest BCUT2D eigenvalue weighted by Crippen LogP contribution is -2.20. The molecular formula is C16H16N4O2. The van der Waals surface area contributed by atoms with E-state index in [1.165, 1.54) is 0 Å². The van der Waals surface area contributed by atoms with Gasteiger partial charge in [-0.3, -0.25) is 4.68 Å². The molecule has 0 fully saturated rings. The molecule has 0 saturated carbocycles. The number of benzene rings is 1. The van der Waals surface area contributed by atoms with E-state index in [4.69, 9.17) is 11.0 Å². The van der Waals surface area contributed by atoms with E-state index in [1.54, 1.807) is 16.8 Å². The summed E-state index contributed by atoms with van der Waals surface area (Å²) in [5.41, 5.74) is 9.19. The zero-order valence-electron chi connectivity index (χ0n) is 12.0. The number of fused-ring (bicyclic) bond motifs is 1. The van der Waals surface area contributed by atoms with E-state index in [9.17, 15) is 9.90 Å². The van der Waals surface area contributed by atoms with E-state index < -0.39 is 5.97 Å². The Morgan fingerprint density at radius 2 is 2.36 bits per heavy atom. The maximum absolute atomic E-state index is 11.4. The minimum absolute atomic E-state index is 0.0543. The van der Waals surface area contributed by atoms with Gasteiger partial charge in [0, 0.05) is 17.3 Å². The van der Waals surface area contributed by atoms with E-state index in [1.807, 2.05) is 12.1 Å². The molecule has 6 heteroatoms. The Kier molecular flexibility index (Phi) is 3.65. The van der Waals surface area contributed by atoms with Gasteiger partial charge in [0.15, 0.2) is 5.69 Å². The largest absolute Gasteiger partial charge is 0.476 e. The van der Waals surface area contributed by atoms with Crippen LogP contribution < -0.4 is 5.73 Å². The number of hydrogen-bond donors (Lipinski definition) is 2. The third-order valence-corrected chi connectivity index (χ3v) is 3.99. The van der Waals surface area contributed by atoms with Gasteiger partial charge in [-0.15, -0.1) is 0 Å². The Balaban J connectivity index is 2.02. The second kappa shape index (κ2) is 5.62. The molecule has 0 saturated heterocycles. The Hall–Kier alpha value is -2.65. The second-order valence-electron chi connectivity index (χ2n) is 5.48. The first-order valence-electron chi connectivity index (χ1n) is 7.17. The van der Waals surface area contributed by atoms with Crippen LogP contribution in [0.4, 0.5) is 0 Å². The SMILES string of the molecule is N#Cc1cccc(Cn2nc(C(=O)O)c3c2CCCC3N)c1. The Labute approximate surface area is 127 Å². The number of aromatic carboxylic acids is 1. The Bertz CT molecular complexity index is 773. The number of aromatic nitrogens is 2. The van der Waals surface area contributed by atoms with E-state index in [0.717, 1.165) is 30.5 Å². The molecule has 3 N–H and O–H groups in total. The normalized spacial score (nSPS) is 16.8. The van der Waals surface area contributed by atoms with Gasteiger partial charge in [0.25, 0.3) is 0 Å². The third-order valence-electron chi connectivity index (χ3n) is 3.99.